The molecule has 0 radical (unpaired) electrons. The normalized spacial score (nSPS) is 10.8. The molecule has 0 atom stereocenters. The molecule has 32 heavy (non-hydrogen) atoms. The number of fused-ring (bicyclic) bond motifs is 1. The van der Waals surface area contributed by atoms with Crippen molar-refractivity contribution in [1.82, 2.24) is 0 Å². The van der Waals surface area contributed by atoms with Crippen LogP contribution in [-0.2, 0) is 6.61 Å². The minimum absolute atomic E-state index is 0.245. The molecule has 4 heteroatoms. The molecule has 1 aromatic heterocycles. The highest BCUT2D eigenvalue weighted by atomic mass is 16.5. The fourth-order valence-corrected chi connectivity index (χ4v) is 3.56. The van der Waals surface area contributed by atoms with Crippen LogP contribution in [0.25, 0.3) is 21.9 Å². The van der Waals surface area contributed by atoms with Crippen LogP contribution in [0.1, 0.15) is 16.3 Å². The number of anilines is 1. The molecule has 0 unspecified atom stereocenters. The van der Waals surface area contributed by atoms with E-state index in [0.29, 0.717) is 11.4 Å². The zero-order chi connectivity index (χ0) is 21.8. The van der Waals surface area contributed by atoms with Crippen LogP contribution in [0.4, 0.5) is 5.69 Å². The second-order valence-corrected chi connectivity index (χ2v) is 7.46. The average Bonchev–Trinajstić information content (AvgIpc) is 3.33. The molecule has 0 spiro atoms. The molecule has 5 rings (SSSR count). The predicted octanol–water partition coefficient (Wildman–Crippen LogP) is 6.93. The topological polar surface area (TPSA) is 51.5 Å². The fraction of sp³-hybridized carbons (Fsp3) is 0.0357. The summed E-state index contributed by atoms with van der Waals surface area (Å²) in [4.78, 5) is 12.6. The Morgan fingerprint density at radius 1 is 0.719 bits per heavy atom. The van der Waals surface area contributed by atoms with E-state index < -0.39 is 0 Å². The number of furan rings is 1. The van der Waals surface area contributed by atoms with Crippen LogP contribution in [0.5, 0.6) is 5.75 Å². The van der Waals surface area contributed by atoms with Crippen molar-refractivity contribution in [3.05, 3.63) is 121 Å². The summed E-state index contributed by atoms with van der Waals surface area (Å²) in [6.45, 7) is 0.247. The molecule has 0 saturated heterocycles. The summed E-state index contributed by atoms with van der Waals surface area (Å²) >= 11 is 0. The van der Waals surface area contributed by atoms with Crippen molar-refractivity contribution in [1.29, 1.82) is 0 Å². The molecule has 0 aliphatic rings. The molecular formula is C28H21NO3. The van der Waals surface area contributed by atoms with Gasteiger partial charge >= 0.3 is 0 Å². The lowest BCUT2D eigenvalue weighted by molar-refractivity contribution is 0.0992. The first kappa shape index (κ1) is 19.6. The van der Waals surface area contributed by atoms with Gasteiger partial charge in [0, 0.05) is 5.69 Å². The number of carbonyl (C=O) groups is 1. The fourth-order valence-electron chi connectivity index (χ4n) is 3.56. The van der Waals surface area contributed by atoms with Crippen LogP contribution < -0.4 is 10.1 Å². The molecule has 1 heterocycles. The standard InChI is InChI=1S/C28H21NO3/c30-28(29-24-13-10-22(11-14-24)20-6-2-1-3-7-20)27-17-16-26(32-27)19-31-25-15-12-21-8-4-5-9-23(21)18-25/h1-18H,19H2,(H,29,30). The molecule has 4 nitrogen and oxygen atoms in total. The first-order valence-electron chi connectivity index (χ1n) is 10.4. The minimum atomic E-state index is -0.297. The molecule has 1 N–H and O–H groups in total. The van der Waals surface area contributed by atoms with E-state index in [2.05, 4.69) is 23.5 Å². The van der Waals surface area contributed by atoms with E-state index in [9.17, 15) is 4.79 Å². The summed E-state index contributed by atoms with van der Waals surface area (Å²) in [6.07, 6.45) is 0. The Labute approximate surface area is 186 Å². The zero-order valence-corrected chi connectivity index (χ0v) is 17.3. The Morgan fingerprint density at radius 3 is 2.25 bits per heavy atom. The maximum Gasteiger partial charge on any atom is 0.291 e. The Kier molecular flexibility index (Phi) is 5.41. The summed E-state index contributed by atoms with van der Waals surface area (Å²) in [5, 5.41) is 5.15. The summed E-state index contributed by atoms with van der Waals surface area (Å²) in [7, 11) is 0. The molecule has 0 bridgehead atoms. The number of hydrogen-bond donors (Lipinski definition) is 1. The van der Waals surface area contributed by atoms with Crippen molar-refractivity contribution in [3.8, 4) is 16.9 Å². The third-order valence-corrected chi connectivity index (χ3v) is 5.24. The van der Waals surface area contributed by atoms with E-state index in [4.69, 9.17) is 9.15 Å². The van der Waals surface area contributed by atoms with Gasteiger partial charge in [0.2, 0.25) is 0 Å². The summed E-state index contributed by atoms with van der Waals surface area (Å²) in [6, 6.07) is 35.3. The number of ether oxygens (including phenoxy) is 1. The van der Waals surface area contributed by atoms with Crippen LogP contribution in [0.15, 0.2) is 114 Å². The Hall–Kier alpha value is -4.31. The summed E-state index contributed by atoms with van der Waals surface area (Å²) < 4.78 is 11.5. The maximum absolute atomic E-state index is 12.6. The molecule has 5 aromatic rings. The summed E-state index contributed by atoms with van der Waals surface area (Å²) in [5.41, 5.74) is 2.93. The third kappa shape index (κ3) is 4.40. The lowest BCUT2D eigenvalue weighted by atomic mass is 10.1. The lowest BCUT2D eigenvalue weighted by Crippen LogP contribution is -2.10. The maximum atomic E-state index is 12.6. The average molecular weight is 419 g/mol. The van der Waals surface area contributed by atoms with Crippen molar-refractivity contribution >= 4 is 22.4 Å². The van der Waals surface area contributed by atoms with E-state index in [0.717, 1.165) is 27.6 Å². The van der Waals surface area contributed by atoms with Gasteiger partial charge in [-0.05, 0) is 58.3 Å². The van der Waals surface area contributed by atoms with Crippen molar-refractivity contribution in [2.45, 2.75) is 6.61 Å². The predicted molar refractivity (Wildman–Crippen MR) is 127 cm³/mol. The van der Waals surface area contributed by atoms with Gasteiger partial charge in [0.25, 0.3) is 5.91 Å². The number of benzene rings is 4. The van der Waals surface area contributed by atoms with Gasteiger partial charge in [0.1, 0.15) is 18.1 Å². The van der Waals surface area contributed by atoms with Crippen LogP contribution >= 0.6 is 0 Å². The number of hydrogen-bond acceptors (Lipinski definition) is 3. The van der Waals surface area contributed by atoms with E-state index >= 15 is 0 Å². The molecule has 0 aliphatic carbocycles. The number of rotatable bonds is 6. The van der Waals surface area contributed by atoms with Gasteiger partial charge < -0.3 is 14.5 Å². The monoisotopic (exact) mass is 419 g/mol. The van der Waals surface area contributed by atoms with Gasteiger partial charge in [-0.3, -0.25) is 4.79 Å². The van der Waals surface area contributed by atoms with Crippen LogP contribution in [0.3, 0.4) is 0 Å². The molecule has 0 saturated carbocycles. The quantitative estimate of drug-likeness (QED) is 0.325. The molecule has 1 amide bonds. The second-order valence-electron chi connectivity index (χ2n) is 7.46. The first-order valence-corrected chi connectivity index (χ1v) is 10.4. The molecule has 0 aliphatic heterocycles. The largest absolute Gasteiger partial charge is 0.486 e. The van der Waals surface area contributed by atoms with Crippen LogP contribution in [-0.4, -0.2) is 5.91 Å². The van der Waals surface area contributed by atoms with Crippen molar-refractivity contribution in [2.75, 3.05) is 5.32 Å². The Balaban J connectivity index is 1.20. The van der Waals surface area contributed by atoms with Gasteiger partial charge in [-0.1, -0.05) is 72.8 Å². The van der Waals surface area contributed by atoms with Crippen molar-refractivity contribution in [2.24, 2.45) is 0 Å². The SMILES string of the molecule is O=C(Nc1ccc(-c2ccccc2)cc1)c1ccc(COc2ccc3ccccc3c2)o1. The van der Waals surface area contributed by atoms with E-state index in [1.165, 1.54) is 0 Å². The van der Waals surface area contributed by atoms with E-state index in [-0.39, 0.29) is 18.3 Å². The third-order valence-electron chi connectivity index (χ3n) is 5.24. The summed E-state index contributed by atoms with van der Waals surface area (Å²) in [5.74, 6) is 1.29. The lowest BCUT2D eigenvalue weighted by Gasteiger charge is -2.06. The molecule has 0 fully saturated rings. The Bertz CT molecular complexity index is 1350. The number of carbonyl (C=O) groups excluding carboxylic acids is 1. The zero-order valence-electron chi connectivity index (χ0n) is 17.3. The van der Waals surface area contributed by atoms with Crippen molar-refractivity contribution < 1.29 is 13.9 Å². The van der Waals surface area contributed by atoms with Crippen LogP contribution in [0.2, 0.25) is 0 Å². The minimum Gasteiger partial charge on any atom is -0.486 e. The van der Waals surface area contributed by atoms with Gasteiger partial charge in [-0.25, -0.2) is 0 Å². The molecule has 156 valence electrons. The number of nitrogens with one attached hydrogen (secondary N) is 1. The molecular weight excluding hydrogens is 398 g/mol. The van der Waals surface area contributed by atoms with Gasteiger partial charge in [0.05, 0.1) is 0 Å². The molecule has 4 aromatic carbocycles. The van der Waals surface area contributed by atoms with E-state index in [1.54, 1.807) is 12.1 Å². The van der Waals surface area contributed by atoms with Crippen LogP contribution in [0, 0.1) is 0 Å². The Morgan fingerprint density at radius 2 is 1.44 bits per heavy atom. The highest BCUT2D eigenvalue weighted by Gasteiger charge is 2.12. The van der Waals surface area contributed by atoms with Gasteiger partial charge in [0.15, 0.2) is 5.76 Å². The first-order chi connectivity index (χ1) is 15.7. The van der Waals surface area contributed by atoms with Crippen molar-refractivity contribution in [3.63, 3.8) is 0 Å². The van der Waals surface area contributed by atoms with Gasteiger partial charge in [-0.2, -0.15) is 0 Å². The highest BCUT2D eigenvalue weighted by molar-refractivity contribution is 6.02. The van der Waals surface area contributed by atoms with E-state index in [1.807, 2.05) is 78.9 Å². The highest BCUT2D eigenvalue weighted by Crippen LogP contribution is 2.23. The second kappa shape index (κ2) is 8.82. The smallest absolute Gasteiger partial charge is 0.291 e. The van der Waals surface area contributed by atoms with Gasteiger partial charge in [-0.15, -0.1) is 0 Å². The number of amides is 1.